The summed E-state index contributed by atoms with van der Waals surface area (Å²) in [6.45, 7) is 1.92. The summed E-state index contributed by atoms with van der Waals surface area (Å²) in [7, 11) is 0. The van der Waals surface area contributed by atoms with Crippen molar-refractivity contribution in [2.75, 3.05) is 10.6 Å². The third kappa shape index (κ3) is 4.47. The molecule has 0 saturated heterocycles. The Morgan fingerprint density at radius 3 is 2.63 bits per heavy atom. The first-order valence-electron chi connectivity index (χ1n) is 10.6. The maximum Gasteiger partial charge on any atom is 0.293 e. The van der Waals surface area contributed by atoms with Crippen molar-refractivity contribution in [3.05, 3.63) is 94.8 Å². The molecule has 2 heterocycles. The lowest BCUT2D eigenvalue weighted by Gasteiger charge is -2.07. The number of furan rings is 1. The topological polar surface area (TPSA) is 120 Å². The average Bonchev–Trinajstić information content (AvgIpc) is 3.46. The van der Waals surface area contributed by atoms with Crippen LogP contribution in [0.25, 0.3) is 22.2 Å². The number of nitrogens with one attached hydrogen (secondary N) is 3. The Hall–Kier alpha value is -4.56. The summed E-state index contributed by atoms with van der Waals surface area (Å²) in [6.07, 6.45) is 0. The van der Waals surface area contributed by atoms with Crippen molar-refractivity contribution >= 4 is 45.8 Å². The second kappa shape index (κ2) is 9.00. The molecule has 2 amide bonds. The van der Waals surface area contributed by atoms with Crippen LogP contribution in [-0.2, 0) is 0 Å². The van der Waals surface area contributed by atoms with Crippen LogP contribution in [0.5, 0.6) is 5.75 Å². The number of aromatic amines is 1. The molecule has 35 heavy (non-hydrogen) atoms. The minimum atomic E-state index is -0.540. The molecule has 0 atom stereocenters. The van der Waals surface area contributed by atoms with Gasteiger partial charge in [-0.3, -0.25) is 14.7 Å². The lowest BCUT2D eigenvalue weighted by atomic mass is 10.1. The van der Waals surface area contributed by atoms with Gasteiger partial charge in [0.2, 0.25) is 5.76 Å². The molecule has 3 aromatic carbocycles. The minimum absolute atomic E-state index is 0.0243. The van der Waals surface area contributed by atoms with Crippen LogP contribution >= 0.6 is 11.6 Å². The first kappa shape index (κ1) is 22.2. The number of aromatic hydroxyl groups is 1. The molecule has 0 aliphatic heterocycles. The van der Waals surface area contributed by atoms with Crippen LogP contribution in [0, 0.1) is 6.92 Å². The number of amides is 2. The first-order chi connectivity index (χ1) is 16.9. The van der Waals surface area contributed by atoms with Gasteiger partial charge in [-0.05, 0) is 61.0 Å². The van der Waals surface area contributed by atoms with E-state index in [9.17, 15) is 14.7 Å². The van der Waals surface area contributed by atoms with Crippen molar-refractivity contribution in [3.63, 3.8) is 0 Å². The van der Waals surface area contributed by atoms with Gasteiger partial charge in [0.15, 0.2) is 0 Å². The largest absolute Gasteiger partial charge is 0.507 e. The summed E-state index contributed by atoms with van der Waals surface area (Å²) in [4.78, 5) is 26.2. The number of H-pyrrole nitrogens is 1. The van der Waals surface area contributed by atoms with Crippen LogP contribution in [0.15, 0.2) is 77.2 Å². The van der Waals surface area contributed by atoms with Crippen molar-refractivity contribution in [2.24, 2.45) is 0 Å². The number of aryl methyl sites for hydroxylation is 1. The van der Waals surface area contributed by atoms with Crippen LogP contribution in [0.3, 0.4) is 0 Å². The predicted octanol–water partition coefficient (Wildman–Crippen LogP) is 5.99. The number of nitrogens with zero attached hydrogens (tertiary/aromatic N) is 1. The predicted molar refractivity (Wildman–Crippen MR) is 134 cm³/mol. The molecule has 5 rings (SSSR count). The Morgan fingerprint density at radius 2 is 1.80 bits per heavy atom. The van der Waals surface area contributed by atoms with Crippen LogP contribution < -0.4 is 10.6 Å². The van der Waals surface area contributed by atoms with E-state index in [1.54, 1.807) is 42.5 Å². The van der Waals surface area contributed by atoms with E-state index in [2.05, 4.69) is 20.8 Å². The van der Waals surface area contributed by atoms with Gasteiger partial charge in [-0.1, -0.05) is 35.9 Å². The van der Waals surface area contributed by atoms with E-state index in [1.165, 1.54) is 12.1 Å². The highest BCUT2D eigenvalue weighted by Gasteiger charge is 2.24. The Kier molecular flexibility index (Phi) is 5.72. The Bertz CT molecular complexity index is 1590. The van der Waals surface area contributed by atoms with Crippen LogP contribution in [0.1, 0.15) is 26.6 Å². The van der Waals surface area contributed by atoms with Crippen molar-refractivity contribution in [2.45, 2.75) is 6.92 Å². The fourth-order valence-corrected chi connectivity index (χ4v) is 3.88. The van der Waals surface area contributed by atoms with E-state index in [0.29, 0.717) is 32.9 Å². The number of anilines is 2. The summed E-state index contributed by atoms with van der Waals surface area (Å²) in [5.74, 6) is -1.10. The second-order valence-electron chi connectivity index (χ2n) is 7.91. The number of hydrogen-bond donors (Lipinski definition) is 4. The number of carbonyl (C=O) groups excluding carboxylic acids is 2. The fourth-order valence-electron chi connectivity index (χ4n) is 3.71. The highest BCUT2D eigenvalue weighted by atomic mass is 35.5. The third-order valence-corrected chi connectivity index (χ3v) is 5.61. The first-order valence-corrected chi connectivity index (χ1v) is 11.0. The number of hydrogen-bond acceptors (Lipinski definition) is 5. The third-order valence-electron chi connectivity index (χ3n) is 5.37. The van der Waals surface area contributed by atoms with E-state index in [0.717, 1.165) is 5.56 Å². The van der Waals surface area contributed by atoms with Crippen molar-refractivity contribution < 1.29 is 19.1 Å². The molecule has 2 aromatic heterocycles. The van der Waals surface area contributed by atoms with Gasteiger partial charge in [0.05, 0.1) is 5.69 Å². The van der Waals surface area contributed by atoms with Crippen LogP contribution in [0.4, 0.5) is 11.4 Å². The van der Waals surface area contributed by atoms with Crippen molar-refractivity contribution in [3.8, 4) is 17.0 Å². The van der Waals surface area contributed by atoms with E-state index in [1.807, 2.05) is 25.1 Å². The number of phenols is 1. The van der Waals surface area contributed by atoms with Crippen LogP contribution in [-0.4, -0.2) is 27.1 Å². The molecule has 5 aromatic rings. The average molecular weight is 487 g/mol. The van der Waals surface area contributed by atoms with Gasteiger partial charge in [0.25, 0.3) is 11.8 Å². The Balaban J connectivity index is 1.46. The van der Waals surface area contributed by atoms with Gasteiger partial charge >= 0.3 is 0 Å². The molecule has 0 spiro atoms. The summed E-state index contributed by atoms with van der Waals surface area (Å²) in [5.41, 5.74) is 3.11. The fraction of sp³-hybridized carbons (Fsp3) is 0.0385. The molecule has 0 unspecified atom stereocenters. The molecule has 174 valence electrons. The molecule has 9 heteroatoms. The van der Waals surface area contributed by atoms with Crippen LogP contribution in [0.2, 0.25) is 5.02 Å². The smallest absolute Gasteiger partial charge is 0.293 e. The Labute approximate surface area is 204 Å². The lowest BCUT2D eigenvalue weighted by Crippen LogP contribution is -2.17. The number of phenolic OH excluding ortho intramolecular Hbond substituents is 1. The molecule has 0 fully saturated rings. The molecule has 4 N–H and O–H groups in total. The second-order valence-corrected chi connectivity index (χ2v) is 8.34. The number of aromatic nitrogens is 2. The van der Waals surface area contributed by atoms with Gasteiger partial charge in [0.1, 0.15) is 22.7 Å². The highest BCUT2D eigenvalue weighted by molar-refractivity contribution is 6.31. The maximum absolute atomic E-state index is 13.1. The van der Waals surface area contributed by atoms with Gasteiger partial charge < -0.3 is 20.2 Å². The summed E-state index contributed by atoms with van der Waals surface area (Å²) in [6, 6.07) is 20.4. The molecular formula is C26H19ClN4O4. The van der Waals surface area contributed by atoms with E-state index in [-0.39, 0.29) is 22.9 Å². The standard InChI is InChI=1S/C26H19ClN4O4/c1-14-5-4-6-16(11-14)28-26(34)24-23(17-7-2-3-8-22(17)35-24)29-25(33)20-13-19(30-31-20)18-12-15(27)9-10-21(18)32/h2-13,32H,1H3,(H,28,34)(H,29,33)(H,30,31). The Morgan fingerprint density at radius 1 is 0.971 bits per heavy atom. The van der Waals surface area contributed by atoms with E-state index < -0.39 is 11.8 Å². The molecule has 0 aliphatic carbocycles. The molecule has 0 aliphatic rings. The zero-order valence-corrected chi connectivity index (χ0v) is 19.2. The van der Waals surface area contributed by atoms with Crippen molar-refractivity contribution in [1.82, 2.24) is 10.2 Å². The van der Waals surface area contributed by atoms with Gasteiger partial charge in [-0.15, -0.1) is 0 Å². The number of carbonyl (C=O) groups is 2. The number of benzene rings is 3. The normalized spacial score (nSPS) is 10.9. The van der Waals surface area contributed by atoms with Gasteiger partial charge in [-0.2, -0.15) is 5.10 Å². The minimum Gasteiger partial charge on any atom is -0.507 e. The SMILES string of the molecule is Cc1cccc(NC(=O)c2oc3ccccc3c2NC(=O)c2cc(-c3cc(Cl)ccc3O)n[nH]2)c1. The molecule has 0 saturated carbocycles. The molecule has 0 bridgehead atoms. The quantitative estimate of drug-likeness (QED) is 0.243. The van der Waals surface area contributed by atoms with Gasteiger partial charge in [-0.25, -0.2) is 0 Å². The number of rotatable bonds is 5. The summed E-state index contributed by atoms with van der Waals surface area (Å²) >= 11 is 6.02. The highest BCUT2D eigenvalue weighted by Crippen LogP contribution is 2.33. The van der Waals surface area contributed by atoms with E-state index in [4.69, 9.17) is 16.0 Å². The van der Waals surface area contributed by atoms with E-state index >= 15 is 0 Å². The number of fused-ring (bicyclic) bond motifs is 1. The lowest BCUT2D eigenvalue weighted by molar-refractivity contribution is 0.0999. The molecule has 8 nitrogen and oxygen atoms in total. The number of para-hydroxylation sites is 1. The monoisotopic (exact) mass is 486 g/mol. The molecular weight excluding hydrogens is 468 g/mol. The number of halogens is 1. The van der Waals surface area contributed by atoms with Gasteiger partial charge in [0, 0.05) is 21.7 Å². The molecule has 0 radical (unpaired) electrons. The summed E-state index contributed by atoms with van der Waals surface area (Å²) in [5, 5.41) is 23.5. The summed E-state index contributed by atoms with van der Waals surface area (Å²) < 4.78 is 5.80. The zero-order valence-electron chi connectivity index (χ0n) is 18.4. The maximum atomic E-state index is 13.1. The zero-order chi connectivity index (χ0) is 24.5. The van der Waals surface area contributed by atoms with Crippen molar-refractivity contribution in [1.29, 1.82) is 0 Å².